The van der Waals surface area contributed by atoms with Gasteiger partial charge in [-0.25, -0.2) is 0 Å². The van der Waals surface area contributed by atoms with Crippen LogP contribution in [0.4, 0.5) is 5.69 Å². The summed E-state index contributed by atoms with van der Waals surface area (Å²) < 4.78 is 22.3. The first-order valence-corrected chi connectivity index (χ1v) is 11.6. The number of fused-ring (bicyclic) bond motifs is 1. The molecule has 2 heterocycles. The summed E-state index contributed by atoms with van der Waals surface area (Å²) in [4.78, 5) is 28.0. The molecule has 8 nitrogen and oxygen atoms in total. The van der Waals surface area contributed by atoms with E-state index in [1.54, 1.807) is 42.5 Å². The van der Waals surface area contributed by atoms with E-state index < -0.39 is 0 Å². The van der Waals surface area contributed by atoms with Crippen LogP contribution in [0.2, 0.25) is 0 Å². The van der Waals surface area contributed by atoms with Crippen LogP contribution in [0.25, 0.3) is 5.57 Å². The van der Waals surface area contributed by atoms with E-state index in [2.05, 4.69) is 5.32 Å². The Balaban J connectivity index is 1.62. The predicted molar refractivity (Wildman–Crippen MR) is 128 cm³/mol. The maximum absolute atomic E-state index is 13.4. The van der Waals surface area contributed by atoms with Crippen molar-refractivity contribution in [2.45, 2.75) is 33.3 Å². The second kappa shape index (κ2) is 10.6. The van der Waals surface area contributed by atoms with E-state index >= 15 is 0 Å². The van der Waals surface area contributed by atoms with Gasteiger partial charge in [-0.05, 0) is 57.0 Å². The number of carbonyl (C=O) groups excluding carboxylic acids is 2. The normalized spacial score (nSPS) is 15.4. The molecule has 8 heteroatoms. The summed E-state index contributed by atoms with van der Waals surface area (Å²) in [5.41, 5.74) is 1.83. The molecule has 4 rings (SSSR count). The van der Waals surface area contributed by atoms with Gasteiger partial charge in [0.25, 0.3) is 11.8 Å². The fourth-order valence-corrected chi connectivity index (χ4v) is 3.85. The number of hydrogen-bond donors (Lipinski definition) is 1. The third-order valence-corrected chi connectivity index (χ3v) is 5.41. The molecule has 0 aromatic heterocycles. The van der Waals surface area contributed by atoms with Crippen LogP contribution in [0, 0.1) is 0 Å². The van der Waals surface area contributed by atoms with Gasteiger partial charge in [0.15, 0.2) is 11.5 Å². The molecular formula is C26H30N2O6. The minimum atomic E-state index is -0.367. The Hall–Kier alpha value is -3.52. The summed E-state index contributed by atoms with van der Waals surface area (Å²) in [5.74, 6) is 1.25. The minimum Gasteiger partial charge on any atom is -0.494 e. The van der Waals surface area contributed by atoms with E-state index in [1.807, 2.05) is 20.8 Å². The zero-order chi connectivity index (χ0) is 24.1. The Kier molecular flexibility index (Phi) is 7.37. The summed E-state index contributed by atoms with van der Waals surface area (Å²) >= 11 is 0. The fraction of sp³-hybridized carbons (Fsp3) is 0.385. The molecule has 0 saturated carbocycles. The first kappa shape index (κ1) is 23.6. The minimum absolute atomic E-state index is 0.0926. The highest BCUT2D eigenvalue weighted by atomic mass is 16.6. The van der Waals surface area contributed by atoms with Crippen LogP contribution in [0.5, 0.6) is 17.2 Å². The van der Waals surface area contributed by atoms with Crippen molar-refractivity contribution < 1.29 is 28.5 Å². The van der Waals surface area contributed by atoms with Crippen molar-refractivity contribution in [3.63, 3.8) is 0 Å². The first-order valence-electron chi connectivity index (χ1n) is 11.6. The average molecular weight is 467 g/mol. The van der Waals surface area contributed by atoms with E-state index in [1.165, 1.54) is 4.90 Å². The van der Waals surface area contributed by atoms with E-state index in [0.717, 1.165) is 0 Å². The largest absolute Gasteiger partial charge is 0.494 e. The van der Waals surface area contributed by atoms with E-state index in [-0.39, 0.29) is 30.2 Å². The Morgan fingerprint density at radius 3 is 2.44 bits per heavy atom. The first-order chi connectivity index (χ1) is 16.5. The Bertz CT molecular complexity index is 1080. The molecule has 2 aliphatic heterocycles. The van der Waals surface area contributed by atoms with Crippen LogP contribution in [-0.2, 0) is 14.3 Å². The lowest BCUT2D eigenvalue weighted by atomic mass is 10.0. The number of carbonyl (C=O) groups is 2. The molecule has 0 atom stereocenters. The van der Waals surface area contributed by atoms with Crippen LogP contribution in [0.3, 0.4) is 0 Å². The lowest BCUT2D eigenvalue weighted by molar-refractivity contribution is -0.137. The van der Waals surface area contributed by atoms with Crippen molar-refractivity contribution in [2.75, 3.05) is 38.3 Å². The summed E-state index contributed by atoms with van der Waals surface area (Å²) in [7, 11) is 0. The average Bonchev–Trinajstić information content (AvgIpc) is 3.06. The molecule has 2 aromatic carbocycles. The summed E-state index contributed by atoms with van der Waals surface area (Å²) in [6.45, 7) is 8.05. The van der Waals surface area contributed by atoms with Gasteiger partial charge in [0, 0.05) is 24.9 Å². The van der Waals surface area contributed by atoms with Gasteiger partial charge >= 0.3 is 0 Å². The molecule has 0 spiro atoms. The molecule has 0 bridgehead atoms. The van der Waals surface area contributed by atoms with Gasteiger partial charge in [-0.2, -0.15) is 0 Å². The van der Waals surface area contributed by atoms with Crippen molar-refractivity contribution in [1.82, 2.24) is 4.90 Å². The third kappa shape index (κ3) is 5.17. The molecular weight excluding hydrogens is 436 g/mol. The molecule has 0 fully saturated rings. The molecule has 0 aliphatic carbocycles. The number of hydrogen-bond acceptors (Lipinski definition) is 7. The van der Waals surface area contributed by atoms with Crippen molar-refractivity contribution in [3.8, 4) is 17.2 Å². The van der Waals surface area contributed by atoms with Crippen molar-refractivity contribution in [1.29, 1.82) is 0 Å². The molecule has 2 amide bonds. The van der Waals surface area contributed by atoms with Crippen LogP contribution in [-0.4, -0.2) is 55.8 Å². The van der Waals surface area contributed by atoms with Crippen LogP contribution in [0.1, 0.15) is 32.8 Å². The molecule has 0 unspecified atom stereocenters. The van der Waals surface area contributed by atoms with Crippen molar-refractivity contribution in [3.05, 3.63) is 53.7 Å². The van der Waals surface area contributed by atoms with Gasteiger partial charge < -0.3 is 24.3 Å². The highest BCUT2D eigenvalue weighted by molar-refractivity contribution is 6.36. The molecule has 34 heavy (non-hydrogen) atoms. The zero-order valence-corrected chi connectivity index (χ0v) is 19.8. The number of amides is 2. The maximum atomic E-state index is 13.4. The van der Waals surface area contributed by atoms with Crippen LogP contribution in [0.15, 0.2) is 48.2 Å². The lowest BCUT2D eigenvalue weighted by Crippen LogP contribution is -2.34. The second-order valence-corrected chi connectivity index (χ2v) is 8.23. The van der Waals surface area contributed by atoms with Gasteiger partial charge in [-0.3, -0.25) is 14.5 Å². The quantitative estimate of drug-likeness (QED) is 0.420. The number of ether oxygens (including phenoxy) is 4. The molecule has 0 radical (unpaired) electrons. The number of anilines is 1. The Morgan fingerprint density at radius 1 is 1.00 bits per heavy atom. The van der Waals surface area contributed by atoms with Crippen molar-refractivity contribution in [2.24, 2.45) is 0 Å². The standard InChI is InChI=1S/C26H30N2O6/c1-4-31-20-9-6-18(7-10-20)23-24(26(30)28(25(23)29)12-5-13-32-17(2)3)27-19-8-11-21-22(16-19)34-15-14-33-21/h6-11,16-17,27H,4-5,12-15H2,1-3H3. The number of nitrogens with zero attached hydrogens (tertiary/aromatic N) is 1. The maximum Gasteiger partial charge on any atom is 0.278 e. The smallest absolute Gasteiger partial charge is 0.278 e. The highest BCUT2D eigenvalue weighted by Gasteiger charge is 2.39. The number of benzene rings is 2. The summed E-state index contributed by atoms with van der Waals surface area (Å²) in [6.07, 6.45) is 0.652. The van der Waals surface area contributed by atoms with Gasteiger partial charge in [0.05, 0.1) is 18.3 Å². The topological polar surface area (TPSA) is 86.3 Å². The Labute approximate surface area is 199 Å². The molecule has 1 N–H and O–H groups in total. The van der Waals surface area contributed by atoms with Crippen molar-refractivity contribution >= 4 is 23.1 Å². The second-order valence-electron chi connectivity index (χ2n) is 8.23. The van der Waals surface area contributed by atoms with Crippen LogP contribution < -0.4 is 19.5 Å². The zero-order valence-electron chi connectivity index (χ0n) is 19.8. The van der Waals surface area contributed by atoms with E-state index in [0.29, 0.717) is 66.9 Å². The van der Waals surface area contributed by atoms with E-state index in [4.69, 9.17) is 18.9 Å². The number of nitrogens with one attached hydrogen (secondary N) is 1. The van der Waals surface area contributed by atoms with Gasteiger partial charge in [0.1, 0.15) is 24.7 Å². The number of rotatable bonds is 10. The van der Waals surface area contributed by atoms with Gasteiger partial charge in [0.2, 0.25) is 0 Å². The predicted octanol–water partition coefficient (Wildman–Crippen LogP) is 3.86. The lowest BCUT2D eigenvalue weighted by Gasteiger charge is -2.19. The third-order valence-electron chi connectivity index (χ3n) is 5.41. The summed E-state index contributed by atoms with van der Waals surface area (Å²) in [5, 5.41) is 3.17. The monoisotopic (exact) mass is 466 g/mol. The molecule has 2 aromatic rings. The molecule has 2 aliphatic rings. The van der Waals surface area contributed by atoms with Crippen LogP contribution >= 0.6 is 0 Å². The van der Waals surface area contributed by atoms with Gasteiger partial charge in [-0.15, -0.1) is 0 Å². The SMILES string of the molecule is CCOc1ccc(C2=C(Nc3ccc4c(c3)OCCO4)C(=O)N(CCCOC(C)C)C2=O)cc1. The number of imide groups is 1. The highest BCUT2D eigenvalue weighted by Crippen LogP contribution is 2.36. The van der Waals surface area contributed by atoms with Gasteiger partial charge in [-0.1, -0.05) is 12.1 Å². The summed E-state index contributed by atoms with van der Waals surface area (Å²) in [6, 6.07) is 12.5. The molecule has 180 valence electrons. The molecule has 0 saturated heterocycles. The van der Waals surface area contributed by atoms with E-state index in [9.17, 15) is 9.59 Å². The fourth-order valence-electron chi connectivity index (χ4n) is 3.85. The Morgan fingerprint density at radius 2 is 1.74 bits per heavy atom.